The highest BCUT2D eigenvalue weighted by molar-refractivity contribution is 5.77. The highest BCUT2D eigenvalue weighted by Crippen LogP contribution is 2.10. The Balaban J connectivity index is 2.19. The molecule has 96 valence electrons. The van der Waals surface area contributed by atoms with E-state index < -0.39 is 0 Å². The molecule has 0 saturated heterocycles. The summed E-state index contributed by atoms with van der Waals surface area (Å²) in [6.07, 6.45) is 3.51. The molecule has 1 N–H and O–H groups in total. The Morgan fingerprint density at radius 2 is 2.17 bits per heavy atom. The summed E-state index contributed by atoms with van der Waals surface area (Å²) < 4.78 is 1.83. The zero-order valence-electron chi connectivity index (χ0n) is 10.5. The first-order valence-corrected chi connectivity index (χ1v) is 6.35. The molecule has 4 nitrogen and oxygen atoms in total. The molecule has 0 aliphatic heterocycles. The van der Waals surface area contributed by atoms with Crippen LogP contribution in [-0.2, 0) is 6.54 Å². The van der Waals surface area contributed by atoms with Crippen LogP contribution >= 0.6 is 0 Å². The second-order valence-corrected chi connectivity index (χ2v) is 4.45. The van der Waals surface area contributed by atoms with E-state index in [-0.39, 0.29) is 11.5 Å². The smallest absolute Gasteiger partial charge is 0.207 e. The standard InChI is InChI=1S/C14H18N2O2/c1-2-11(17)6-5-9-16-13-8-4-3-7-12(13)14(18)10-15-16/h3-4,7-8,10-11,17H,2,5-6,9H2,1H3. The number of rotatable bonds is 5. The maximum absolute atomic E-state index is 11.6. The Hall–Kier alpha value is -1.68. The number of para-hydroxylation sites is 1. The first-order chi connectivity index (χ1) is 8.72. The Labute approximate surface area is 106 Å². The summed E-state index contributed by atoms with van der Waals surface area (Å²) >= 11 is 0. The van der Waals surface area contributed by atoms with Crippen molar-refractivity contribution in [2.24, 2.45) is 0 Å². The summed E-state index contributed by atoms with van der Waals surface area (Å²) in [4.78, 5) is 11.6. The van der Waals surface area contributed by atoms with Gasteiger partial charge in [0.2, 0.25) is 5.43 Å². The van der Waals surface area contributed by atoms with E-state index in [4.69, 9.17) is 0 Å². The van der Waals surface area contributed by atoms with Crippen LogP contribution in [0.1, 0.15) is 26.2 Å². The predicted molar refractivity (Wildman–Crippen MR) is 71.5 cm³/mol. The number of aliphatic hydroxyl groups is 1. The van der Waals surface area contributed by atoms with Crippen molar-refractivity contribution >= 4 is 10.9 Å². The molecule has 2 aromatic rings. The van der Waals surface area contributed by atoms with E-state index in [2.05, 4.69) is 5.10 Å². The van der Waals surface area contributed by atoms with Crippen molar-refractivity contribution in [2.75, 3.05) is 0 Å². The minimum absolute atomic E-state index is 0.0459. The van der Waals surface area contributed by atoms with Crippen LogP contribution in [0.15, 0.2) is 35.3 Å². The van der Waals surface area contributed by atoms with Crippen LogP contribution in [0.25, 0.3) is 10.9 Å². The van der Waals surface area contributed by atoms with Crippen molar-refractivity contribution in [3.63, 3.8) is 0 Å². The largest absolute Gasteiger partial charge is 0.393 e. The van der Waals surface area contributed by atoms with Gasteiger partial charge in [0, 0.05) is 11.9 Å². The monoisotopic (exact) mass is 246 g/mol. The molecular weight excluding hydrogens is 228 g/mol. The van der Waals surface area contributed by atoms with Gasteiger partial charge in [-0.2, -0.15) is 5.10 Å². The minimum Gasteiger partial charge on any atom is -0.393 e. The summed E-state index contributed by atoms with van der Waals surface area (Å²) in [5.74, 6) is 0. The lowest BCUT2D eigenvalue weighted by atomic mass is 10.1. The molecule has 1 atom stereocenters. The molecule has 1 aromatic carbocycles. The van der Waals surface area contributed by atoms with Crippen molar-refractivity contribution in [3.8, 4) is 0 Å². The summed E-state index contributed by atoms with van der Waals surface area (Å²) in [7, 11) is 0. The van der Waals surface area contributed by atoms with Crippen LogP contribution in [0.5, 0.6) is 0 Å². The van der Waals surface area contributed by atoms with Gasteiger partial charge in [-0.05, 0) is 31.4 Å². The maximum Gasteiger partial charge on any atom is 0.207 e. The van der Waals surface area contributed by atoms with Gasteiger partial charge in [-0.1, -0.05) is 19.1 Å². The molecule has 0 amide bonds. The summed E-state index contributed by atoms with van der Waals surface area (Å²) in [5, 5.41) is 14.4. The van der Waals surface area contributed by atoms with Crippen molar-refractivity contribution < 1.29 is 5.11 Å². The Morgan fingerprint density at radius 3 is 2.94 bits per heavy atom. The van der Waals surface area contributed by atoms with E-state index in [0.717, 1.165) is 31.3 Å². The SMILES string of the molecule is CCC(O)CCCn1ncc(=O)c2ccccc21. The van der Waals surface area contributed by atoms with Gasteiger partial charge in [-0.3, -0.25) is 9.48 Å². The third-order valence-corrected chi connectivity index (χ3v) is 3.14. The van der Waals surface area contributed by atoms with Crippen LogP contribution in [0.2, 0.25) is 0 Å². The van der Waals surface area contributed by atoms with Gasteiger partial charge in [-0.25, -0.2) is 0 Å². The molecule has 18 heavy (non-hydrogen) atoms. The Bertz CT molecular complexity index is 577. The minimum atomic E-state index is -0.240. The van der Waals surface area contributed by atoms with Crippen molar-refractivity contribution in [1.82, 2.24) is 9.78 Å². The molecule has 4 heteroatoms. The maximum atomic E-state index is 11.6. The highest BCUT2D eigenvalue weighted by atomic mass is 16.3. The van der Waals surface area contributed by atoms with E-state index in [9.17, 15) is 9.90 Å². The van der Waals surface area contributed by atoms with E-state index in [1.807, 2.05) is 35.9 Å². The lowest BCUT2D eigenvalue weighted by molar-refractivity contribution is 0.155. The van der Waals surface area contributed by atoms with Crippen LogP contribution < -0.4 is 5.43 Å². The molecule has 1 aromatic heterocycles. The van der Waals surface area contributed by atoms with Gasteiger partial charge in [-0.15, -0.1) is 0 Å². The van der Waals surface area contributed by atoms with Gasteiger partial charge in [0.25, 0.3) is 0 Å². The normalized spacial score (nSPS) is 12.8. The predicted octanol–water partition coefficient (Wildman–Crippen LogP) is 1.95. The fourth-order valence-electron chi connectivity index (χ4n) is 2.02. The summed E-state index contributed by atoms with van der Waals surface area (Å²) in [5.41, 5.74) is 0.812. The van der Waals surface area contributed by atoms with Gasteiger partial charge in [0.05, 0.1) is 17.8 Å². The van der Waals surface area contributed by atoms with Crippen LogP contribution in [0.4, 0.5) is 0 Å². The van der Waals surface area contributed by atoms with E-state index in [0.29, 0.717) is 5.39 Å². The molecule has 2 rings (SSSR count). The highest BCUT2D eigenvalue weighted by Gasteiger charge is 2.04. The van der Waals surface area contributed by atoms with Crippen molar-refractivity contribution in [1.29, 1.82) is 0 Å². The number of benzene rings is 1. The topological polar surface area (TPSA) is 55.1 Å². The molecular formula is C14H18N2O2. The number of aliphatic hydroxyl groups excluding tert-OH is 1. The molecule has 0 spiro atoms. The number of hydrogen-bond acceptors (Lipinski definition) is 3. The van der Waals surface area contributed by atoms with Crippen LogP contribution in [-0.4, -0.2) is 21.0 Å². The van der Waals surface area contributed by atoms with Gasteiger partial charge < -0.3 is 5.11 Å². The van der Waals surface area contributed by atoms with E-state index >= 15 is 0 Å². The van der Waals surface area contributed by atoms with Crippen molar-refractivity contribution in [3.05, 3.63) is 40.7 Å². The average Bonchev–Trinajstić information content (AvgIpc) is 2.41. The van der Waals surface area contributed by atoms with Gasteiger partial charge in [0.15, 0.2) is 0 Å². The second kappa shape index (κ2) is 5.78. The summed E-state index contributed by atoms with van der Waals surface area (Å²) in [6.45, 7) is 2.69. The fraction of sp³-hybridized carbons (Fsp3) is 0.429. The quantitative estimate of drug-likeness (QED) is 0.877. The third kappa shape index (κ3) is 2.76. The molecule has 0 aliphatic rings. The van der Waals surface area contributed by atoms with Gasteiger partial charge >= 0.3 is 0 Å². The second-order valence-electron chi connectivity index (χ2n) is 4.45. The molecule has 0 saturated carbocycles. The van der Waals surface area contributed by atoms with Crippen molar-refractivity contribution in [2.45, 2.75) is 38.8 Å². The lowest BCUT2D eigenvalue weighted by Gasteiger charge is -2.10. The third-order valence-electron chi connectivity index (χ3n) is 3.14. The average molecular weight is 246 g/mol. The molecule has 0 aliphatic carbocycles. The first kappa shape index (κ1) is 12.8. The number of fused-ring (bicyclic) bond motifs is 1. The molecule has 0 fully saturated rings. The fourth-order valence-corrected chi connectivity index (χ4v) is 2.02. The number of aromatic nitrogens is 2. The molecule has 1 heterocycles. The van der Waals surface area contributed by atoms with E-state index in [1.165, 1.54) is 6.20 Å². The lowest BCUT2D eigenvalue weighted by Crippen LogP contribution is -2.13. The Morgan fingerprint density at radius 1 is 1.39 bits per heavy atom. The molecule has 0 radical (unpaired) electrons. The number of hydrogen-bond donors (Lipinski definition) is 1. The first-order valence-electron chi connectivity index (χ1n) is 6.35. The number of aryl methyl sites for hydroxylation is 1. The van der Waals surface area contributed by atoms with Crippen LogP contribution in [0, 0.1) is 0 Å². The molecule has 0 bridgehead atoms. The Kier molecular flexibility index (Phi) is 4.10. The van der Waals surface area contributed by atoms with Gasteiger partial charge in [0.1, 0.15) is 0 Å². The summed E-state index contributed by atoms with van der Waals surface area (Å²) in [6, 6.07) is 7.48. The zero-order valence-corrected chi connectivity index (χ0v) is 10.5. The number of nitrogens with zero attached hydrogens (tertiary/aromatic N) is 2. The molecule has 1 unspecified atom stereocenters. The zero-order chi connectivity index (χ0) is 13.0. The van der Waals surface area contributed by atoms with E-state index in [1.54, 1.807) is 0 Å². The van der Waals surface area contributed by atoms with Crippen LogP contribution in [0.3, 0.4) is 0 Å².